The molecule has 0 saturated carbocycles. The Hall–Kier alpha value is -1.90. The predicted octanol–water partition coefficient (Wildman–Crippen LogP) is -1.86. The Bertz CT molecular complexity index is 485. The maximum absolute atomic E-state index is 10.5. The number of hydrogen-bond donors (Lipinski definition) is 4. The third-order valence-corrected chi connectivity index (χ3v) is 1.94. The Morgan fingerprint density at radius 2 is 1.05 bits per heavy atom. The zero-order valence-electron chi connectivity index (χ0n) is 12.1. The normalized spacial score (nSPS) is 8.57. The number of hydrogen-bond acceptors (Lipinski definition) is 4. The van der Waals surface area contributed by atoms with Crippen LogP contribution in [0.2, 0.25) is 0 Å². The summed E-state index contributed by atoms with van der Waals surface area (Å²) in [6, 6.07) is 5.48. The van der Waals surface area contributed by atoms with Crippen molar-refractivity contribution < 1.29 is 70.6 Å². The van der Waals surface area contributed by atoms with E-state index in [0.29, 0.717) is 0 Å². The van der Waals surface area contributed by atoms with Crippen LogP contribution < -0.4 is 29.6 Å². The molecule has 8 nitrogen and oxygen atoms in total. The van der Waals surface area contributed by atoms with E-state index in [4.69, 9.17) is 20.4 Å². The number of carboxylic acids is 4. The number of rotatable bonds is 5. The minimum Gasteiger partial charge on any atom is -1.00 e. The molecule has 0 unspecified atom stereocenters. The van der Waals surface area contributed by atoms with Gasteiger partial charge in [-0.05, 0) is 12.1 Å². The van der Waals surface area contributed by atoms with Gasteiger partial charge in [0.05, 0.1) is 24.0 Å². The molecule has 0 saturated heterocycles. The summed E-state index contributed by atoms with van der Waals surface area (Å²) >= 11 is 0. The predicted molar refractivity (Wildman–Crippen MR) is 66.0 cm³/mol. The molecule has 0 atom stereocenters. The maximum atomic E-state index is 10.5. The van der Waals surface area contributed by atoms with Crippen LogP contribution >= 0.6 is 0 Å². The first-order valence-electron chi connectivity index (χ1n) is 5.25. The number of aliphatic carboxylic acids is 2. The van der Waals surface area contributed by atoms with Crippen molar-refractivity contribution in [3.05, 3.63) is 35.4 Å². The molecule has 0 heterocycles. The largest absolute Gasteiger partial charge is 1.00 e. The van der Waals surface area contributed by atoms with Gasteiger partial charge in [-0.2, -0.15) is 0 Å². The Kier molecular flexibility index (Phi) is 11.0. The van der Waals surface area contributed by atoms with E-state index < -0.39 is 23.9 Å². The molecule has 0 amide bonds. The van der Waals surface area contributed by atoms with Crippen LogP contribution in [0.1, 0.15) is 35.0 Å². The van der Waals surface area contributed by atoms with Gasteiger partial charge in [0.1, 0.15) is 0 Å². The summed E-state index contributed by atoms with van der Waals surface area (Å²) in [6.45, 7) is 0. The average Bonchev–Trinajstić information content (AvgIpc) is 2.37. The summed E-state index contributed by atoms with van der Waals surface area (Å²) in [4.78, 5) is 40.2. The topological polar surface area (TPSA) is 149 Å². The van der Waals surface area contributed by atoms with E-state index in [1.807, 2.05) is 0 Å². The van der Waals surface area contributed by atoms with Crippen molar-refractivity contribution in [2.75, 3.05) is 0 Å². The Morgan fingerprint density at radius 1 is 0.762 bits per heavy atom. The summed E-state index contributed by atoms with van der Waals surface area (Å²) in [5.74, 6) is -4.61. The molecule has 0 spiro atoms. The molecule has 1 rings (SSSR count). The van der Waals surface area contributed by atoms with E-state index >= 15 is 0 Å². The fourth-order valence-electron chi connectivity index (χ4n) is 1.07. The van der Waals surface area contributed by atoms with Crippen molar-refractivity contribution in [2.45, 2.75) is 12.8 Å². The van der Waals surface area contributed by atoms with Crippen LogP contribution in [0.5, 0.6) is 0 Å². The first-order chi connectivity index (χ1) is 9.25. The standard InChI is InChI=1S/C8H6O4.C4H6O4.Na.H/c9-7(10)5-3-1-2-4-6(5)8(11)12;5-3(6)1-2-4(7)8;;/h1-4H,(H,9,10)(H,11,12);1-2H2,(H,5,6)(H,7,8);;/q;;+1;-1. The number of carboxylic acid groups (broad SMARTS) is 4. The van der Waals surface area contributed by atoms with Crippen LogP contribution in [0.3, 0.4) is 0 Å². The summed E-state index contributed by atoms with van der Waals surface area (Å²) in [6.07, 6.45) is -0.593. The fourth-order valence-corrected chi connectivity index (χ4v) is 1.07. The SMILES string of the molecule is O=C(O)CCC(=O)O.O=C(O)c1ccccc1C(=O)O.[H-].[Na+]. The van der Waals surface area contributed by atoms with Gasteiger partial charge >= 0.3 is 53.4 Å². The fraction of sp³-hybridized carbons (Fsp3) is 0.167. The van der Waals surface area contributed by atoms with E-state index in [1.165, 1.54) is 24.3 Å². The molecule has 1 aromatic rings. The second-order valence-corrected chi connectivity index (χ2v) is 3.44. The molecule has 110 valence electrons. The minimum atomic E-state index is -1.23. The van der Waals surface area contributed by atoms with Crippen molar-refractivity contribution in [2.24, 2.45) is 0 Å². The van der Waals surface area contributed by atoms with Gasteiger partial charge in [0.15, 0.2) is 0 Å². The van der Waals surface area contributed by atoms with Crippen LogP contribution in [0.4, 0.5) is 0 Å². The summed E-state index contributed by atoms with van der Waals surface area (Å²) in [5.41, 5.74) is -0.380. The van der Waals surface area contributed by atoms with E-state index in [0.717, 1.165) is 0 Å². The van der Waals surface area contributed by atoms with E-state index in [1.54, 1.807) is 0 Å². The number of aromatic carboxylic acids is 2. The quantitative estimate of drug-likeness (QED) is 0.462. The van der Waals surface area contributed by atoms with Gasteiger partial charge in [-0.3, -0.25) is 9.59 Å². The summed E-state index contributed by atoms with van der Waals surface area (Å²) in [5, 5.41) is 32.9. The Morgan fingerprint density at radius 3 is 1.24 bits per heavy atom. The van der Waals surface area contributed by atoms with Gasteiger partial charge in [0.25, 0.3) is 0 Å². The second-order valence-electron chi connectivity index (χ2n) is 3.44. The third-order valence-electron chi connectivity index (χ3n) is 1.94. The van der Waals surface area contributed by atoms with Crippen molar-refractivity contribution in [3.63, 3.8) is 0 Å². The van der Waals surface area contributed by atoms with Gasteiger partial charge in [0, 0.05) is 0 Å². The molecular weight excluding hydrogens is 295 g/mol. The number of benzene rings is 1. The van der Waals surface area contributed by atoms with E-state index in [9.17, 15) is 19.2 Å². The van der Waals surface area contributed by atoms with Crippen LogP contribution in [-0.2, 0) is 9.59 Å². The van der Waals surface area contributed by atoms with Crippen LogP contribution in [-0.4, -0.2) is 44.3 Å². The molecule has 0 aliphatic rings. The molecular formula is C12H13NaO8. The molecule has 21 heavy (non-hydrogen) atoms. The summed E-state index contributed by atoms with van der Waals surface area (Å²) < 4.78 is 0. The Balaban J connectivity index is -0.000000323. The molecule has 0 aromatic heterocycles. The summed E-state index contributed by atoms with van der Waals surface area (Å²) in [7, 11) is 0. The van der Waals surface area contributed by atoms with Crippen molar-refractivity contribution >= 4 is 23.9 Å². The third kappa shape index (κ3) is 9.61. The molecule has 0 radical (unpaired) electrons. The molecule has 1 aromatic carbocycles. The van der Waals surface area contributed by atoms with Crippen LogP contribution in [0.15, 0.2) is 24.3 Å². The maximum Gasteiger partial charge on any atom is 1.00 e. The van der Waals surface area contributed by atoms with Crippen molar-refractivity contribution in [1.82, 2.24) is 0 Å². The molecule has 0 fully saturated rings. The molecule has 9 heteroatoms. The zero-order valence-corrected chi connectivity index (χ0v) is 13.1. The van der Waals surface area contributed by atoms with Gasteiger partial charge in [-0.15, -0.1) is 0 Å². The van der Waals surface area contributed by atoms with Gasteiger partial charge in [0.2, 0.25) is 0 Å². The molecule has 0 bridgehead atoms. The first kappa shape index (κ1) is 21.4. The first-order valence-corrected chi connectivity index (χ1v) is 5.25. The van der Waals surface area contributed by atoms with Crippen molar-refractivity contribution in [3.8, 4) is 0 Å². The van der Waals surface area contributed by atoms with Crippen molar-refractivity contribution in [1.29, 1.82) is 0 Å². The second kappa shape index (κ2) is 10.8. The monoisotopic (exact) mass is 308 g/mol. The molecule has 4 N–H and O–H groups in total. The number of carbonyl (C=O) groups is 4. The zero-order chi connectivity index (χ0) is 15.7. The van der Waals surface area contributed by atoms with Gasteiger partial charge in [-0.1, -0.05) is 12.1 Å². The average molecular weight is 308 g/mol. The minimum absolute atomic E-state index is 0. The van der Waals surface area contributed by atoms with Crippen LogP contribution in [0, 0.1) is 0 Å². The van der Waals surface area contributed by atoms with Gasteiger partial charge in [-0.25, -0.2) is 9.59 Å². The smallest absolute Gasteiger partial charge is 1.00 e. The van der Waals surface area contributed by atoms with E-state index in [-0.39, 0.29) is 55.0 Å². The van der Waals surface area contributed by atoms with Crippen LogP contribution in [0.25, 0.3) is 0 Å². The Labute approximate surface area is 142 Å². The molecule has 0 aliphatic carbocycles. The van der Waals surface area contributed by atoms with Gasteiger partial charge < -0.3 is 21.9 Å². The molecule has 0 aliphatic heterocycles. The van der Waals surface area contributed by atoms with E-state index in [2.05, 4.69) is 0 Å².